The molecule has 3 rings (SSSR count). The maximum Gasteiger partial charge on any atom is 0.191 e. The predicted molar refractivity (Wildman–Crippen MR) is 121 cm³/mol. The first-order valence-electron chi connectivity index (χ1n) is 11.3. The van der Waals surface area contributed by atoms with Crippen LogP contribution in [0.2, 0.25) is 0 Å². The van der Waals surface area contributed by atoms with Crippen LogP contribution in [0.5, 0.6) is 0 Å². The summed E-state index contributed by atoms with van der Waals surface area (Å²) in [5.74, 6) is 1.63. The second-order valence-electron chi connectivity index (χ2n) is 8.07. The maximum atomic E-state index is 5.85. The number of nitrogens with zero attached hydrogens (tertiary/aromatic N) is 2. The minimum absolute atomic E-state index is 0.510. The van der Waals surface area contributed by atoms with E-state index in [1.54, 1.807) is 11.3 Å². The van der Waals surface area contributed by atoms with Crippen LogP contribution in [0, 0.1) is 5.92 Å². The molecule has 0 bridgehead atoms. The first-order valence-corrected chi connectivity index (χ1v) is 12.2. The van der Waals surface area contributed by atoms with E-state index in [9.17, 15) is 0 Å². The van der Waals surface area contributed by atoms with Crippen LogP contribution in [0.25, 0.3) is 0 Å². The van der Waals surface area contributed by atoms with Gasteiger partial charge < -0.3 is 20.1 Å². The van der Waals surface area contributed by atoms with Gasteiger partial charge in [0.15, 0.2) is 5.96 Å². The fourth-order valence-corrected chi connectivity index (χ4v) is 4.57. The van der Waals surface area contributed by atoms with Crippen molar-refractivity contribution in [3.63, 3.8) is 0 Å². The van der Waals surface area contributed by atoms with Crippen molar-refractivity contribution in [1.82, 2.24) is 15.5 Å². The third kappa shape index (κ3) is 8.62. The van der Waals surface area contributed by atoms with Gasteiger partial charge in [0.05, 0.1) is 0 Å². The fraction of sp³-hybridized carbons (Fsp3) is 0.773. The van der Waals surface area contributed by atoms with Gasteiger partial charge in [0.1, 0.15) is 0 Å². The lowest BCUT2D eigenvalue weighted by Gasteiger charge is -2.33. The van der Waals surface area contributed by atoms with E-state index in [1.165, 1.54) is 18.4 Å². The molecule has 0 saturated carbocycles. The second kappa shape index (κ2) is 13.2. The van der Waals surface area contributed by atoms with Gasteiger partial charge in [-0.3, -0.25) is 9.89 Å². The molecule has 164 valence electrons. The molecule has 0 amide bonds. The number of aliphatic imine (C=N–C) groups is 1. The Morgan fingerprint density at radius 1 is 1.28 bits per heavy atom. The summed E-state index contributed by atoms with van der Waals surface area (Å²) in [5, 5.41) is 11.5. The van der Waals surface area contributed by atoms with Crippen LogP contribution in [-0.2, 0) is 16.0 Å². The van der Waals surface area contributed by atoms with Gasteiger partial charge in [0.25, 0.3) is 0 Å². The highest BCUT2D eigenvalue weighted by Crippen LogP contribution is 2.16. The first kappa shape index (κ1) is 22.5. The number of rotatable bonds is 10. The first-order chi connectivity index (χ1) is 14.3. The van der Waals surface area contributed by atoms with Crippen LogP contribution >= 0.6 is 11.3 Å². The molecule has 0 unspecified atom stereocenters. The summed E-state index contributed by atoms with van der Waals surface area (Å²) in [7, 11) is 0. The molecule has 0 radical (unpaired) electrons. The Kier molecular flexibility index (Phi) is 10.3. The average Bonchev–Trinajstić information content (AvgIpc) is 3.26. The van der Waals surface area contributed by atoms with Crippen molar-refractivity contribution >= 4 is 17.3 Å². The zero-order chi connectivity index (χ0) is 20.2. The lowest BCUT2D eigenvalue weighted by atomic mass is 10.0. The molecule has 2 saturated heterocycles. The molecule has 1 aromatic rings. The van der Waals surface area contributed by atoms with E-state index in [2.05, 4.69) is 39.3 Å². The highest BCUT2D eigenvalue weighted by atomic mass is 32.1. The van der Waals surface area contributed by atoms with Gasteiger partial charge in [-0.1, -0.05) is 0 Å². The van der Waals surface area contributed by atoms with E-state index in [1.807, 2.05) is 0 Å². The number of piperidine rings is 1. The van der Waals surface area contributed by atoms with Crippen molar-refractivity contribution in [2.45, 2.75) is 51.6 Å². The topological polar surface area (TPSA) is 58.1 Å². The Morgan fingerprint density at radius 2 is 2.10 bits per heavy atom. The standard InChI is InChI=1S/C22H38N4O2S/c1-2-23-22(24-9-3-12-28-17-19-6-13-27-14-7-19)25-21-4-10-26(11-5-21)16-20-8-15-29-18-20/h8,15,18-19,21H,2-7,9-14,16-17H2,1H3,(H2,23,24,25). The molecule has 0 spiro atoms. The second-order valence-corrected chi connectivity index (χ2v) is 8.85. The summed E-state index contributed by atoms with van der Waals surface area (Å²) in [4.78, 5) is 7.31. The van der Waals surface area contributed by atoms with Gasteiger partial charge >= 0.3 is 0 Å². The van der Waals surface area contributed by atoms with E-state index < -0.39 is 0 Å². The van der Waals surface area contributed by atoms with Gasteiger partial charge in [-0.15, -0.1) is 0 Å². The molecule has 1 aromatic heterocycles. The Labute approximate surface area is 180 Å². The number of hydrogen-bond acceptors (Lipinski definition) is 5. The van der Waals surface area contributed by atoms with Crippen LogP contribution in [0.3, 0.4) is 0 Å². The summed E-state index contributed by atoms with van der Waals surface area (Å²) in [6.45, 7) is 10.6. The number of guanidine groups is 1. The number of nitrogens with one attached hydrogen (secondary N) is 2. The van der Waals surface area contributed by atoms with E-state index >= 15 is 0 Å². The summed E-state index contributed by atoms with van der Waals surface area (Å²) < 4.78 is 11.2. The predicted octanol–water partition coefficient (Wildman–Crippen LogP) is 3.10. The third-order valence-corrected chi connectivity index (χ3v) is 6.40. The highest BCUT2D eigenvalue weighted by Gasteiger charge is 2.20. The van der Waals surface area contributed by atoms with Crippen LogP contribution < -0.4 is 10.6 Å². The van der Waals surface area contributed by atoms with E-state index in [-0.39, 0.29) is 0 Å². The molecule has 3 heterocycles. The van der Waals surface area contributed by atoms with E-state index in [0.29, 0.717) is 12.0 Å². The van der Waals surface area contributed by atoms with Gasteiger partial charge in [-0.05, 0) is 67.3 Å². The fourth-order valence-electron chi connectivity index (χ4n) is 3.91. The minimum Gasteiger partial charge on any atom is -0.381 e. The number of hydrogen-bond donors (Lipinski definition) is 2. The minimum atomic E-state index is 0.510. The van der Waals surface area contributed by atoms with Crippen molar-refractivity contribution < 1.29 is 9.47 Å². The Morgan fingerprint density at radius 3 is 2.83 bits per heavy atom. The van der Waals surface area contributed by atoms with Crippen LogP contribution in [-0.4, -0.2) is 69.5 Å². The molecule has 7 heteroatoms. The molecular formula is C22H38N4O2S. The zero-order valence-electron chi connectivity index (χ0n) is 17.9. The largest absolute Gasteiger partial charge is 0.381 e. The molecule has 2 aliphatic rings. The van der Waals surface area contributed by atoms with Gasteiger partial charge in [0.2, 0.25) is 0 Å². The summed E-state index contributed by atoms with van der Waals surface area (Å²) >= 11 is 1.79. The van der Waals surface area contributed by atoms with Gasteiger partial charge in [0, 0.05) is 65.2 Å². The number of likely N-dealkylation sites (tertiary alicyclic amines) is 1. The molecule has 0 aromatic carbocycles. The van der Waals surface area contributed by atoms with Crippen molar-refractivity contribution in [3.05, 3.63) is 22.4 Å². The van der Waals surface area contributed by atoms with Gasteiger partial charge in [-0.2, -0.15) is 11.3 Å². The molecule has 2 fully saturated rings. The SMILES string of the molecule is CCNC(=NCCCOCC1CCOCC1)NC1CCN(Cc2ccsc2)CC1. The highest BCUT2D eigenvalue weighted by molar-refractivity contribution is 7.07. The quantitative estimate of drug-likeness (QED) is 0.345. The average molecular weight is 423 g/mol. The summed E-state index contributed by atoms with van der Waals surface area (Å²) in [5.41, 5.74) is 1.44. The molecule has 0 aliphatic carbocycles. The smallest absolute Gasteiger partial charge is 0.191 e. The Balaban J connectivity index is 1.29. The van der Waals surface area contributed by atoms with E-state index in [0.717, 1.165) is 84.4 Å². The zero-order valence-corrected chi connectivity index (χ0v) is 18.7. The summed E-state index contributed by atoms with van der Waals surface area (Å²) in [6.07, 6.45) is 5.59. The number of ether oxygens (including phenoxy) is 2. The number of thiophene rings is 1. The van der Waals surface area contributed by atoms with Crippen LogP contribution in [0.4, 0.5) is 0 Å². The van der Waals surface area contributed by atoms with Gasteiger partial charge in [-0.25, -0.2) is 0 Å². The van der Waals surface area contributed by atoms with Crippen LogP contribution in [0.15, 0.2) is 21.8 Å². The molecule has 0 atom stereocenters. The maximum absolute atomic E-state index is 5.85. The normalized spacial score (nSPS) is 20.1. The van der Waals surface area contributed by atoms with Crippen molar-refractivity contribution in [2.24, 2.45) is 10.9 Å². The van der Waals surface area contributed by atoms with Crippen LogP contribution in [0.1, 0.15) is 44.6 Å². The Bertz CT molecular complexity index is 567. The van der Waals surface area contributed by atoms with Crippen molar-refractivity contribution in [2.75, 3.05) is 52.6 Å². The third-order valence-electron chi connectivity index (χ3n) is 5.67. The summed E-state index contributed by atoms with van der Waals surface area (Å²) in [6, 6.07) is 2.74. The molecule has 2 aliphatic heterocycles. The lowest BCUT2D eigenvalue weighted by Crippen LogP contribution is -2.48. The van der Waals surface area contributed by atoms with E-state index in [4.69, 9.17) is 14.5 Å². The van der Waals surface area contributed by atoms with Crippen molar-refractivity contribution in [1.29, 1.82) is 0 Å². The molecular weight excluding hydrogens is 384 g/mol. The lowest BCUT2D eigenvalue weighted by molar-refractivity contribution is 0.0205. The Hall–Kier alpha value is -1.15. The van der Waals surface area contributed by atoms with Crippen molar-refractivity contribution in [3.8, 4) is 0 Å². The monoisotopic (exact) mass is 422 g/mol. The molecule has 6 nitrogen and oxygen atoms in total. The molecule has 2 N–H and O–H groups in total. The molecule has 29 heavy (non-hydrogen) atoms.